The van der Waals surface area contributed by atoms with E-state index in [9.17, 15) is 4.79 Å². The van der Waals surface area contributed by atoms with Gasteiger partial charge in [-0.2, -0.15) is 0 Å². The number of rotatable bonds is 2. The van der Waals surface area contributed by atoms with E-state index in [1.165, 1.54) is 11.8 Å². The van der Waals surface area contributed by atoms with Crippen LogP contribution in [-0.4, -0.2) is 16.4 Å². The molecule has 0 fully saturated rings. The van der Waals surface area contributed by atoms with Crippen LogP contribution in [0.1, 0.15) is 20.8 Å². The van der Waals surface area contributed by atoms with Crippen LogP contribution in [-0.2, 0) is 4.79 Å². The first-order valence-electron chi connectivity index (χ1n) is 3.00. The van der Waals surface area contributed by atoms with Crippen LogP contribution in [0.25, 0.3) is 0 Å². The Bertz CT molecular complexity index is 101. The van der Waals surface area contributed by atoms with Crippen LogP contribution < -0.4 is 5.73 Å². The van der Waals surface area contributed by atoms with Crippen molar-refractivity contribution < 1.29 is 4.79 Å². The van der Waals surface area contributed by atoms with E-state index in [1.54, 1.807) is 6.92 Å². The Hall–Kier alpha value is -0.0200. The molecule has 0 aliphatic rings. The molecule has 0 aromatic heterocycles. The second kappa shape index (κ2) is 3.90. The molecule has 0 unspecified atom stereocenters. The highest BCUT2D eigenvalue weighted by Crippen LogP contribution is 2.11. The van der Waals surface area contributed by atoms with Crippen molar-refractivity contribution in [2.45, 2.75) is 32.1 Å². The van der Waals surface area contributed by atoms with Gasteiger partial charge in [0.25, 0.3) is 0 Å². The van der Waals surface area contributed by atoms with E-state index in [0.717, 1.165) is 0 Å². The molecule has 1 atom stereocenters. The summed E-state index contributed by atoms with van der Waals surface area (Å²) in [4.78, 5) is 10.8. The lowest BCUT2D eigenvalue weighted by atomic mass is 10.4. The molecule has 2 nitrogen and oxygen atoms in total. The number of carbonyl (C=O) groups is 1. The van der Waals surface area contributed by atoms with Gasteiger partial charge in [-0.25, -0.2) is 0 Å². The van der Waals surface area contributed by atoms with Gasteiger partial charge in [-0.05, 0) is 6.92 Å². The van der Waals surface area contributed by atoms with Gasteiger partial charge in [-0.15, -0.1) is 0 Å². The molecular weight excluding hydrogens is 134 g/mol. The molecule has 0 radical (unpaired) electrons. The Morgan fingerprint density at radius 3 is 2.00 bits per heavy atom. The maximum atomic E-state index is 10.8. The molecule has 9 heavy (non-hydrogen) atoms. The molecule has 0 amide bonds. The monoisotopic (exact) mass is 147 g/mol. The molecule has 0 heterocycles. The van der Waals surface area contributed by atoms with E-state index >= 15 is 0 Å². The minimum Gasteiger partial charge on any atom is -0.321 e. The SMILES string of the molecule is CC(C)SC(=O)[C@H](C)N. The first-order chi connectivity index (χ1) is 4.04. The van der Waals surface area contributed by atoms with Gasteiger partial charge in [0.1, 0.15) is 0 Å². The first kappa shape index (κ1) is 8.98. The summed E-state index contributed by atoms with van der Waals surface area (Å²) in [6.07, 6.45) is 0. The lowest BCUT2D eigenvalue weighted by Crippen LogP contribution is -2.24. The third-order valence-electron chi connectivity index (χ3n) is 0.724. The smallest absolute Gasteiger partial charge is 0.205 e. The van der Waals surface area contributed by atoms with Crippen LogP contribution in [0.4, 0.5) is 0 Å². The predicted octanol–water partition coefficient (Wildman–Crippen LogP) is 1.00. The number of carbonyl (C=O) groups excluding carboxylic acids is 1. The van der Waals surface area contributed by atoms with Crippen LogP contribution in [0.5, 0.6) is 0 Å². The van der Waals surface area contributed by atoms with E-state index in [1.807, 2.05) is 13.8 Å². The van der Waals surface area contributed by atoms with Crippen molar-refractivity contribution in [2.75, 3.05) is 0 Å². The number of hydrogen-bond acceptors (Lipinski definition) is 3. The normalized spacial score (nSPS) is 13.9. The van der Waals surface area contributed by atoms with Gasteiger partial charge in [0.05, 0.1) is 6.04 Å². The van der Waals surface area contributed by atoms with Crippen LogP contribution in [0.3, 0.4) is 0 Å². The lowest BCUT2D eigenvalue weighted by molar-refractivity contribution is -0.111. The predicted molar refractivity (Wildman–Crippen MR) is 41.4 cm³/mol. The quantitative estimate of drug-likeness (QED) is 0.633. The fraction of sp³-hybridized carbons (Fsp3) is 0.833. The molecule has 0 saturated carbocycles. The van der Waals surface area contributed by atoms with Gasteiger partial charge in [-0.3, -0.25) is 4.79 Å². The van der Waals surface area contributed by atoms with Gasteiger partial charge >= 0.3 is 0 Å². The summed E-state index contributed by atoms with van der Waals surface area (Å²) in [5.41, 5.74) is 5.31. The van der Waals surface area contributed by atoms with Crippen LogP contribution >= 0.6 is 11.8 Å². The molecule has 0 aliphatic carbocycles. The van der Waals surface area contributed by atoms with Crippen LogP contribution in [0.2, 0.25) is 0 Å². The second-order valence-electron chi connectivity index (χ2n) is 2.27. The third kappa shape index (κ3) is 4.48. The summed E-state index contributed by atoms with van der Waals surface area (Å²) in [5.74, 6) is 0. The highest BCUT2D eigenvalue weighted by atomic mass is 32.2. The van der Waals surface area contributed by atoms with Crippen LogP contribution in [0.15, 0.2) is 0 Å². The minimum atomic E-state index is -0.322. The van der Waals surface area contributed by atoms with Crippen molar-refractivity contribution in [3.63, 3.8) is 0 Å². The third-order valence-corrected chi connectivity index (χ3v) is 1.80. The van der Waals surface area contributed by atoms with Crippen molar-refractivity contribution >= 4 is 16.9 Å². The van der Waals surface area contributed by atoms with E-state index in [0.29, 0.717) is 5.25 Å². The van der Waals surface area contributed by atoms with E-state index in [-0.39, 0.29) is 11.2 Å². The molecule has 0 spiro atoms. The van der Waals surface area contributed by atoms with Crippen molar-refractivity contribution in [3.8, 4) is 0 Å². The van der Waals surface area contributed by atoms with Crippen molar-refractivity contribution in [1.82, 2.24) is 0 Å². The van der Waals surface area contributed by atoms with Gasteiger partial charge in [0.2, 0.25) is 5.12 Å². The Kier molecular flexibility index (Phi) is 3.89. The zero-order valence-corrected chi connectivity index (χ0v) is 6.87. The molecule has 0 aromatic carbocycles. The highest BCUT2D eigenvalue weighted by molar-refractivity contribution is 8.14. The average Bonchev–Trinajstić information content (AvgIpc) is 1.63. The molecule has 0 aromatic rings. The van der Waals surface area contributed by atoms with Crippen LogP contribution in [0, 0.1) is 0 Å². The summed E-state index contributed by atoms with van der Waals surface area (Å²) in [6.45, 7) is 5.66. The standard InChI is InChI=1S/C6H13NOS/c1-4(2)9-6(8)5(3)7/h4-5H,7H2,1-3H3/t5-/m0/s1. The molecule has 0 aliphatic heterocycles. The first-order valence-corrected chi connectivity index (χ1v) is 3.88. The number of nitrogens with two attached hydrogens (primary N) is 1. The maximum absolute atomic E-state index is 10.8. The fourth-order valence-corrected chi connectivity index (χ4v) is 1.02. The molecule has 54 valence electrons. The largest absolute Gasteiger partial charge is 0.321 e. The second-order valence-corrected chi connectivity index (χ2v) is 3.86. The summed E-state index contributed by atoms with van der Waals surface area (Å²) >= 11 is 1.30. The van der Waals surface area contributed by atoms with Gasteiger partial charge in [0.15, 0.2) is 0 Å². The molecule has 2 N–H and O–H groups in total. The summed E-state index contributed by atoms with van der Waals surface area (Å²) in [6, 6.07) is -0.322. The Morgan fingerprint density at radius 2 is 1.89 bits per heavy atom. The molecule has 0 saturated heterocycles. The number of hydrogen-bond donors (Lipinski definition) is 1. The zero-order chi connectivity index (χ0) is 7.44. The molecule has 0 rings (SSSR count). The van der Waals surface area contributed by atoms with E-state index in [4.69, 9.17) is 5.73 Å². The van der Waals surface area contributed by atoms with Gasteiger partial charge < -0.3 is 5.73 Å². The van der Waals surface area contributed by atoms with E-state index in [2.05, 4.69) is 0 Å². The Morgan fingerprint density at radius 1 is 1.44 bits per heavy atom. The summed E-state index contributed by atoms with van der Waals surface area (Å²) in [5, 5.41) is 0.425. The Labute approximate surface area is 60.2 Å². The Balaban J connectivity index is 3.51. The lowest BCUT2D eigenvalue weighted by Gasteiger charge is -2.04. The van der Waals surface area contributed by atoms with Gasteiger partial charge in [0, 0.05) is 5.25 Å². The minimum absolute atomic E-state index is 0.0741. The highest BCUT2D eigenvalue weighted by Gasteiger charge is 2.09. The summed E-state index contributed by atoms with van der Waals surface area (Å²) < 4.78 is 0. The molecule has 0 bridgehead atoms. The molecular formula is C6H13NOS. The van der Waals surface area contributed by atoms with Crippen molar-refractivity contribution in [2.24, 2.45) is 5.73 Å². The van der Waals surface area contributed by atoms with E-state index < -0.39 is 0 Å². The number of thioether (sulfide) groups is 1. The van der Waals surface area contributed by atoms with Gasteiger partial charge in [-0.1, -0.05) is 25.6 Å². The van der Waals surface area contributed by atoms with Crippen molar-refractivity contribution in [1.29, 1.82) is 0 Å². The maximum Gasteiger partial charge on any atom is 0.205 e. The molecule has 3 heteroatoms. The van der Waals surface area contributed by atoms with Crippen molar-refractivity contribution in [3.05, 3.63) is 0 Å². The fourth-order valence-electron chi connectivity index (χ4n) is 0.340. The zero-order valence-electron chi connectivity index (χ0n) is 6.05. The summed E-state index contributed by atoms with van der Waals surface area (Å²) in [7, 11) is 0. The topological polar surface area (TPSA) is 43.1 Å². The average molecular weight is 147 g/mol.